The van der Waals surface area contributed by atoms with Crippen LogP contribution in [0.5, 0.6) is 0 Å². The molecule has 2 nitrogen and oxygen atoms in total. The second-order valence-electron chi connectivity index (χ2n) is 15.6. The van der Waals surface area contributed by atoms with Gasteiger partial charge in [0, 0.05) is 17.1 Å². The van der Waals surface area contributed by atoms with E-state index in [2.05, 4.69) is 86.0 Å². The molecule has 1 aliphatic carbocycles. The molecule has 1 spiro atoms. The molecule has 0 aromatic carbocycles. The molecule has 0 amide bonds. The van der Waals surface area contributed by atoms with E-state index in [1.165, 1.54) is 64.6 Å². The van der Waals surface area contributed by atoms with Gasteiger partial charge in [-0.3, -0.25) is 9.80 Å². The largest absolute Gasteiger partial charge is 0.298 e. The van der Waals surface area contributed by atoms with Gasteiger partial charge in [0.2, 0.25) is 0 Å². The predicted molar refractivity (Wildman–Crippen MR) is 137 cm³/mol. The van der Waals surface area contributed by atoms with E-state index in [4.69, 9.17) is 0 Å². The van der Waals surface area contributed by atoms with Gasteiger partial charge in [0.1, 0.15) is 0 Å². The molecule has 3 rings (SSSR count). The van der Waals surface area contributed by atoms with Gasteiger partial charge in [-0.15, -0.1) is 0 Å². The summed E-state index contributed by atoms with van der Waals surface area (Å²) in [5.74, 6) is 1.81. The van der Waals surface area contributed by atoms with E-state index in [0.29, 0.717) is 21.8 Å². The molecule has 182 valence electrons. The number of piperidine rings is 2. The predicted octanol–water partition coefficient (Wildman–Crippen LogP) is 7.62. The van der Waals surface area contributed by atoms with Gasteiger partial charge in [-0.25, -0.2) is 0 Å². The Morgan fingerprint density at radius 1 is 0.677 bits per heavy atom. The van der Waals surface area contributed by atoms with Crippen molar-refractivity contribution in [3.63, 3.8) is 0 Å². The number of nitrogens with zero attached hydrogens (tertiary/aromatic N) is 2. The van der Waals surface area contributed by atoms with E-state index in [9.17, 15) is 0 Å². The molecular formula is C29H56N2. The van der Waals surface area contributed by atoms with Crippen molar-refractivity contribution in [3.8, 4) is 0 Å². The molecule has 3 aliphatic rings. The maximum atomic E-state index is 2.88. The monoisotopic (exact) mass is 432 g/mol. The zero-order valence-corrected chi connectivity index (χ0v) is 23.2. The maximum Gasteiger partial charge on any atom is 0.0168 e. The van der Waals surface area contributed by atoms with Crippen molar-refractivity contribution in [1.29, 1.82) is 0 Å². The molecule has 0 bridgehead atoms. The Balaban J connectivity index is 1.68. The average molecular weight is 433 g/mol. The van der Waals surface area contributed by atoms with Crippen LogP contribution in [0.3, 0.4) is 0 Å². The van der Waals surface area contributed by atoms with Gasteiger partial charge in [0.15, 0.2) is 0 Å². The molecule has 1 unspecified atom stereocenters. The van der Waals surface area contributed by atoms with Crippen LogP contribution in [-0.4, -0.2) is 46.6 Å². The Bertz CT molecular complexity index is 598. The van der Waals surface area contributed by atoms with Crippen LogP contribution in [-0.2, 0) is 0 Å². The third-order valence-electron chi connectivity index (χ3n) is 9.75. The van der Waals surface area contributed by atoms with Crippen LogP contribution in [0.2, 0.25) is 0 Å². The summed E-state index contributed by atoms with van der Waals surface area (Å²) in [6, 6.07) is 0.727. The summed E-state index contributed by atoms with van der Waals surface area (Å²) in [5, 5.41) is 0. The van der Waals surface area contributed by atoms with Gasteiger partial charge in [0.25, 0.3) is 0 Å². The number of rotatable bonds is 3. The summed E-state index contributed by atoms with van der Waals surface area (Å²) in [5.41, 5.74) is 2.15. The second-order valence-corrected chi connectivity index (χ2v) is 15.6. The van der Waals surface area contributed by atoms with E-state index in [-0.39, 0.29) is 5.54 Å². The van der Waals surface area contributed by atoms with Crippen LogP contribution in [0.15, 0.2) is 0 Å². The number of hydrogen-bond donors (Lipinski definition) is 0. The molecule has 3 fully saturated rings. The summed E-state index contributed by atoms with van der Waals surface area (Å²) in [6.07, 6.45) is 9.87. The third-order valence-corrected chi connectivity index (χ3v) is 9.75. The summed E-state index contributed by atoms with van der Waals surface area (Å²) in [6.45, 7) is 31.0. The maximum absolute atomic E-state index is 2.88. The first-order chi connectivity index (χ1) is 13.9. The van der Waals surface area contributed by atoms with Crippen molar-refractivity contribution in [2.75, 3.05) is 19.6 Å². The van der Waals surface area contributed by atoms with E-state index in [0.717, 1.165) is 17.9 Å². The number of likely N-dealkylation sites (tertiary alicyclic amines) is 2. The van der Waals surface area contributed by atoms with Gasteiger partial charge in [-0.1, -0.05) is 41.5 Å². The lowest BCUT2D eigenvalue weighted by molar-refractivity contribution is -0.105. The van der Waals surface area contributed by atoms with Crippen LogP contribution in [0, 0.1) is 28.1 Å². The first-order valence-corrected chi connectivity index (χ1v) is 13.4. The standard InChI is InChI=1S/C29H56N2/c1-25(2,3)22-12-15-30(16-13-22)28(10,11)20-24-21-29(14-17-31(24)27(7,8)9)18-23(19-29)26(4,5)6/h22-24H,12-21H2,1-11H3. The molecule has 0 radical (unpaired) electrons. The highest BCUT2D eigenvalue weighted by Gasteiger charge is 2.53. The summed E-state index contributed by atoms with van der Waals surface area (Å²) >= 11 is 0. The Morgan fingerprint density at radius 2 is 1.19 bits per heavy atom. The number of hydrogen-bond acceptors (Lipinski definition) is 2. The van der Waals surface area contributed by atoms with Gasteiger partial charge in [-0.05, 0) is 127 Å². The second kappa shape index (κ2) is 8.30. The molecule has 2 heterocycles. The van der Waals surface area contributed by atoms with Crippen LogP contribution < -0.4 is 0 Å². The van der Waals surface area contributed by atoms with E-state index in [1.54, 1.807) is 0 Å². The highest BCUT2D eigenvalue weighted by atomic mass is 15.2. The van der Waals surface area contributed by atoms with Crippen LogP contribution in [0.4, 0.5) is 0 Å². The zero-order valence-electron chi connectivity index (χ0n) is 23.2. The Labute approximate surface area is 195 Å². The lowest BCUT2D eigenvalue weighted by atomic mass is 9.50. The van der Waals surface area contributed by atoms with Gasteiger partial charge < -0.3 is 0 Å². The average Bonchev–Trinajstić information content (AvgIpc) is 2.56. The highest BCUT2D eigenvalue weighted by molar-refractivity contribution is 5.06. The lowest BCUT2D eigenvalue weighted by Crippen LogP contribution is -2.61. The lowest BCUT2D eigenvalue weighted by Gasteiger charge is -2.61. The van der Waals surface area contributed by atoms with E-state index < -0.39 is 0 Å². The van der Waals surface area contributed by atoms with E-state index in [1.807, 2.05) is 0 Å². The molecule has 31 heavy (non-hydrogen) atoms. The molecule has 0 aromatic rings. The Morgan fingerprint density at radius 3 is 1.65 bits per heavy atom. The highest BCUT2D eigenvalue weighted by Crippen LogP contribution is 2.60. The fourth-order valence-corrected chi connectivity index (χ4v) is 7.34. The molecule has 2 heteroatoms. The topological polar surface area (TPSA) is 6.48 Å². The minimum absolute atomic E-state index is 0.273. The molecule has 2 saturated heterocycles. The van der Waals surface area contributed by atoms with Crippen molar-refractivity contribution in [3.05, 3.63) is 0 Å². The van der Waals surface area contributed by atoms with E-state index >= 15 is 0 Å². The van der Waals surface area contributed by atoms with Crippen LogP contribution in [0.25, 0.3) is 0 Å². The van der Waals surface area contributed by atoms with Gasteiger partial charge in [-0.2, -0.15) is 0 Å². The summed E-state index contributed by atoms with van der Waals surface area (Å²) < 4.78 is 0. The summed E-state index contributed by atoms with van der Waals surface area (Å²) in [4.78, 5) is 5.72. The van der Waals surface area contributed by atoms with Crippen LogP contribution >= 0.6 is 0 Å². The quantitative estimate of drug-likeness (QED) is 0.452. The minimum Gasteiger partial charge on any atom is -0.298 e. The third kappa shape index (κ3) is 5.71. The zero-order chi connectivity index (χ0) is 23.5. The molecule has 1 saturated carbocycles. The molecular weight excluding hydrogens is 376 g/mol. The first-order valence-electron chi connectivity index (χ1n) is 13.4. The van der Waals surface area contributed by atoms with Crippen molar-refractivity contribution >= 4 is 0 Å². The first kappa shape index (κ1) is 25.5. The van der Waals surface area contributed by atoms with Crippen molar-refractivity contribution in [2.45, 2.75) is 138 Å². The molecule has 2 aliphatic heterocycles. The van der Waals surface area contributed by atoms with Crippen molar-refractivity contribution in [2.24, 2.45) is 28.1 Å². The van der Waals surface area contributed by atoms with Crippen molar-refractivity contribution in [1.82, 2.24) is 9.80 Å². The van der Waals surface area contributed by atoms with Crippen LogP contribution in [0.1, 0.15) is 121 Å². The smallest absolute Gasteiger partial charge is 0.0168 e. The van der Waals surface area contributed by atoms with Gasteiger partial charge in [0.05, 0.1) is 0 Å². The SMILES string of the molecule is CC(C)(C)C1CCN(C(C)(C)CC2CC3(CCN2C(C)(C)C)CC(C(C)(C)C)C3)CC1. The van der Waals surface area contributed by atoms with Gasteiger partial charge >= 0.3 is 0 Å². The molecule has 1 atom stereocenters. The fourth-order valence-electron chi connectivity index (χ4n) is 7.34. The summed E-state index contributed by atoms with van der Waals surface area (Å²) in [7, 11) is 0. The Kier molecular flexibility index (Phi) is 6.84. The Hall–Kier alpha value is -0.0800. The molecule has 0 N–H and O–H groups in total. The fraction of sp³-hybridized carbons (Fsp3) is 1.00. The van der Waals surface area contributed by atoms with Crippen molar-refractivity contribution < 1.29 is 0 Å². The minimum atomic E-state index is 0.273. The normalized spacial score (nSPS) is 33.0. The molecule has 0 aromatic heterocycles.